The zero-order chi connectivity index (χ0) is 16.2. The molecule has 1 rings (SSSR count). The summed E-state index contributed by atoms with van der Waals surface area (Å²) in [6.07, 6.45) is -2.57. The van der Waals surface area contributed by atoms with Crippen molar-refractivity contribution in [2.24, 2.45) is 0 Å². The van der Waals surface area contributed by atoms with Crippen LogP contribution in [0.25, 0.3) is 0 Å². The Balaban J connectivity index is 3.12. The first-order chi connectivity index (χ1) is 9.60. The van der Waals surface area contributed by atoms with Gasteiger partial charge in [0, 0.05) is 41.8 Å². The van der Waals surface area contributed by atoms with E-state index in [1.54, 1.807) is 33.0 Å². The number of halogens is 3. The Morgan fingerprint density at radius 1 is 1.24 bits per heavy atom. The van der Waals surface area contributed by atoms with Gasteiger partial charge in [0.1, 0.15) is 6.54 Å². The quantitative estimate of drug-likeness (QED) is 0.869. The average molecular weight is 303 g/mol. The fourth-order valence-electron chi connectivity index (χ4n) is 2.03. The number of anilines is 1. The van der Waals surface area contributed by atoms with E-state index in [-0.39, 0.29) is 12.1 Å². The summed E-state index contributed by atoms with van der Waals surface area (Å²) in [5.74, 6) is 0. The monoisotopic (exact) mass is 303 g/mol. The Hall–Kier alpha value is -1.30. The maximum Gasteiger partial charge on any atom is 0.405 e. The van der Waals surface area contributed by atoms with Crippen molar-refractivity contribution < 1.29 is 13.2 Å². The smallest absolute Gasteiger partial charge is 0.360 e. The molecule has 1 aromatic rings. The third-order valence-electron chi connectivity index (χ3n) is 3.08. The minimum Gasteiger partial charge on any atom is -0.360 e. The first-order valence-electron chi connectivity index (χ1n) is 7.12. The van der Waals surface area contributed by atoms with Crippen LogP contribution in [0, 0.1) is 6.92 Å². The number of nitrogens with zero attached hydrogens (tertiary/aromatic N) is 2. The normalized spacial score (nSPS) is 12.3. The van der Waals surface area contributed by atoms with Gasteiger partial charge in [-0.1, -0.05) is 13.8 Å². The molecule has 1 aromatic heterocycles. The van der Waals surface area contributed by atoms with Gasteiger partial charge < -0.3 is 10.2 Å². The molecule has 0 fully saturated rings. The van der Waals surface area contributed by atoms with Gasteiger partial charge in [0.2, 0.25) is 0 Å². The third-order valence-corrected chi connectivity index (χ3v) is 3.08. The van der Waals surface area contributed by atoms with Gasteiger partial charge in [-0.05, 0) is 26.8 Å². The standard InChI is InChI=1S/C15H24F3N3/c1-10(2)19-7-13-8-20-12(5)6-14(13)21(11(3)4)9-15(16,17)18/h6,8,10-11,19H,7,9H2,1-5H3. The molecular formula is C15H24F3N3. The van der Waals surface area contributed by atoms with Crippen LogP contribution in [0.1, 0.15) is 39.0 Å². The summed E-state index contributed by atoms with van der Waals surface area (Å²) in [5.41, 5.74) is 2.10. The fraction of sp³-hybridized carbons (Fsp3) is 0.667. The highest BCUT2D eigenvalue weighted by atomic mass is 19.4. The molecule has 6 heteroatoms. The zero-order valence-corrected chi connectivity index (χ0v) is 13.3. The molecule has 21 heavy (non-hydrogen) atoms. The molecule has 0 saturated carbocycles. The SMILES string of the molecule is Cc1cc(N(CC(F)(F)F)C(C)C)c(CNC(C)C)cn1. The van der Waals surface area contributed by atoms with Gasteiger partial charge in [-0.15, -0.1) is 0 Å². The van der Waals surface area contributed by atoms with Gasteiger partial charge in [0.05, 0.1) is 0 Å². The van der Waals surface area contributed by atoms with Crippen LogP contribution in [-0.4, -0.2) is 29.8 Å². The molecule has 120 valence electrons. The first-order valence-corrected chi connectivity index (χ1v) is 7.12. The summed E-state index contributed by atoms with van der Waals surface area (Å²) in [6.45, 7) is 8.86. The summed E-state index contributed by atoms with van der Waals surface area (Å²) >= 11 is 0. The van der Waals surface area contributed by atoms with Crippen LogP contribution in [0.3, 0.4) is 0 Å². The van der Waals surface area contributed by atoms with E-state index in [4.69, 9.17) is 0 Å². The molecule has 0 saturated heterocycles. The lowest BCUT2D eigenvalue weighted by molar-refractivity contribution is -0.120. The highest BCUT2D eigenvalue weighted by Gasteiger charge is 2.32. The highest BCUT2D eigenvalue weighted by molar-refractivity contribution is 5.54. The largest absolute Gasteiger partial charge is 0.405 e. The molecule has 0 amide bonds. The molecule has 3 nitrogen and oxygen atoms in total. The van der Waals surface area contributed by atoms with Crippen LogP contribution in [0.5, 0.6) is 0 Å². The highest BCUT2D eigenvalue weighted by Crippen LogP contribution is 2.27. The van der Waals surface area contributed by atoms with Gasteiger partial charge in [-0.3, -0.25) is 4.98 Å². The van der Waals surface area contributed by atoms with E-state index in [1.165, 1.54) is 4.90 Å². The number of nitrogens with one attached hydrogen (secondary N) is 1. The summed E-state index contributed by atoms with van der Waals surface area (Å²) < 4.78 is 38.5. The van der Waals surface area contributed by atoms with E-state index in [1.807, 2.05) is 13.8 Å². The Labute approximate surface area is 124 Å². The molecule has 1 heterocycles. The van der Waals surface area contributed by atoms with E-state index in [2.05, 4.69) is 10.3 Å². The van der Waals surface area contributed by atoms with E-state index in [0.29, 0.717) is 17.9 Å². The number of alkyl halides is 3. The fourth-order valence-corrected chi connectivity index (χ4v) is 2.03. The van der Waals surface area contributed by atoms with Crippen LogP contribution >= 0.6 is 0 Å². The predicted molar refractivity (Wildman–Crippen MR) is 79.5 cm³/mol. The maximum absolute atomic E-state index is 12.8. The van der Waals surface area contributed by atoms with Crippen LogP contribution in [0.15, 0.2) is 12.3 Å². The van der Waals surface area contributed by atoms with Gasteiger partial charge in [0.15, 0.2) is 0 Å². The molecule has 0 aliphatic carbocycles. The summed E-state index contributed by atoms with van der Waals surface area (Å²) in [7, 11) is 0. The van der Waals surface area contributed by atoms with E-state index in [0.717, 1.165) is 5.56 Å². The van der Waals surface area contributed by atoms with Crippen molar-refractivity contribution in [1.82, 2.24) is 10.3 Å². The first kappa shape index (κ1) is 17.8. The van der Waals surface area contributed by atoms with Crippen LogP contribution in [0.4, 0.5) is 18.9 Å². The number of hydrogen-bond donors (Lipinski definition) is 1. The topological polar surface area (TPSA) is 28.2 Å². The Bertz CT molecular complexity index is 456. The number of aromatic nitrogens is 1. The minimum absolute atomic E-state index is 0.244. The number of pyridine rings is 1. The zero-order valence-electron chi connectivity index (χ0n) is 13.3. The molecule has 0 bridgehead atoms. The van der Waals surface area contributed by atoms with Gasteiger partial charge in [0.25, 0.3) is 0 Å². The summed E-state index contributed by atoms with van der Waals surface area (Å²) in [4.78, 5) is 5.59. The van der Waals surface area contributed by atoms with Crippen molar-refractivity contribution in [2.75, 3.05) is 11.4 Å². The average Bonchev–Trinajstić information content (AvgIpc) is 2.33. The van der Waals surface area contributed by atoms with Gasteiger partial charge >= 0.3 is 6.18 Å². The summed E-state index contributed by atoms with van der Waals surface area (Å²) in [6, 6.07) is 1.74. The van der Waals surface area contributed by atoms with E-state index < -0.39 is 12.7 Å². The number of hydrogen-bond acceptors (Lipinski definition) is 3. The second kappa shape index (κ2) is 7.11. The molecule has 0 atom stereocenters. The molecule has 0 radical (unpaired) electrons. The second-order valence-corrected chi connectivity index (χ2v) is 5.83. The lowest BCUT2D eigenvalue weighted by atomic mass is 10.1. The number of aryl methyl sites for hydroxylation is 1. The maximum atomic E-state index is 12.8. The van der Waals surface area contributed by atoms with Crippen molar-refractivity contribution in [3.8, 4) is 0 Å². The molecule has 1 N–H and O–H groups in total. The second-order valence-electron chi connectivity index (χ2n) is 5.83. The van der Waals surface area contributed by atoms with Crippen LogP contribution in [-0.2, 0) is 6.54 Å². The molecule has 0 aromatic carbocycles. The molecule has 0 aliphatic heterocycles. The summed E-state index contributed by atoms with van der Waals surface area (Å²) in [5, 5.41) is 3.23. The van der Waals surface area contributed by atoms with Crippen molar-refractivity contribution in [2.45, 2.75) is 59.4 Å². The van der Waals surface area contributed by atoms with Crippen molar-refractivity contribution in [3.63, 3.8) is 0 Å². The van der Waals surface area contributed by atoms with Crippen molar-refractivity contribution >= 4 is 5.69 Å². The number of rotatable bonds is 6. The molecular weight excluding hydrogens is 279 g/mol. The minimum atomic E-state index is -4.23. The Morgan fingerprint density at radius 2 is 1.86 bits per heavy atom. The third kappa shape index (κ3) is 5.91. The van der Waals surface area contributed by atoms with Gasteiger partial charge in [-0.25, -0.2) is 0 Å². The van der Waals surface area contributed by atoms with E-state index >= 15 is 0 Å². The van der Waals surface area contributed by atoms with Crippen LogP contribution in [0.2, 0.25) is 0 Å². The molecule has 0 spiro atoms. The molecule has 0 aliphatic rings. The van der Waals surface area contributed by atoms with E-state index in [9.17, 15) is 13.2 Å². The Morgan fingerprint density at radius 3 is 2.33 bits per heavy atom. The lowest BCUT2D eigenvalue weighted by Gasteiger charge is -2.32. The lowest BCUT2D eigenvalue weighted by Crippen LogP contribution is -2.40. The Kier molecular flexibility index (Phi) is 6.01. The predicted octanol–water partition coefficient (Wildman–Crippen LogP) is 3.67. The van der Waals surface area contributed by atoms with Crippen molar-refractivity contribution in [3.05, 3.63) is 23.5 Å². The van der Waals surface area contributed by atoms with Crippen LogP contribution < -0.4 is 10.2 Å². The van der Waals surface area contributed by atoms with Crippen molar-refractivity contribution in [1.29, 1.82) is 0 Å². The molecule has 0 unspecified atom stereocenters. The van der Waals surface area contributed by atoms with Gasteiger partial charge in [-0.2, -0.15) is 13.2 Å².